The van der Waals surface area contributed by atoms with Crippen LogP contribution in [-0.4, -0.2) is 11.0 Å². The first-order valence-corrected chi connectivity index (χ1v) is 11.4. The third kappa shape index (κ3) is 8.00. The number of aryl methyl sites for hydroxylation is 2. The summed E-state index contributed by atoms with van der Waals surface area (Å²) in [6.45, 7) is 6.48. The molecule has 158 valence electrons. The highest BCUT2D eigenvalue weighted by Crippen LogP contribution is 2.23. The molecule has 0 N–H and O–H groups in total. The standard InChI is InChI=1S/C26H37NO2/c1-4-7-9-10-11-13-24-19-18-23(20-27-24)26(28)29-25(6-3)22-16-14-21(15-17-22)12-8-5-2/h14-20,25H,4-13H2,1-3H3. The second kappa shape index (κ2) is 13.1. The van der Waals surface area contributed by atoms with E-state index in [0.29, 0.717) is 5.56 Å². The van der Waals surface area contributed by atoms with E-state index in [1.807, 2.05) is 19.1 Å². The second-order valence-corrected chi connectivity index (χ2v) is 7.85. The Labute approximate surface area is 176 Å². The van der Waals surface area contributed by atoms with Crippen LogP contribution in [0.4, 0.5) is 0 Å². The summed E-state index contributed by atoms with van der Waals surface area (Å²) in [5, 5.41) is 0. The molecule has 1 unspecified atom stereocenters. The largest absolute Gasteiger partial charge is 0.454 e. The molecule has 0 aliphatic heterocycles. The summed E-state index contributed by atoms with van der Waals surface area (Å²) in [6, 6.07) is 12.3. The number of benzene rings is 1. The Bertz CT molecular complexity index is 706. The van der Waals surface area contributed by atoms with Gasteiger partial charge in [0.1, 0.15) is 6.10 Å². The van der Waals surface area contributed by atoms with Crippen LogP contribution in [0.25, 0.3) is 0 Å². The molecule has 1 aromatic carbocycles. The smallest absolute Gasteiger partial charge is 0.340 e. The fourth-order valence-corrected chi connectivity index (χ4v) is 3.47. The molecular weight excluding hydrogens is 358 g/mol. The van der Waals surface area contributed by atoms with Crippen molar-refractivity contribution in [1.29, 1.82) is 0 Å². The summed E-state index contributed by atoms with van der Waals surface area (Å²) >= 11 is 0. The van der Waals surface area contributed by atoms with Crippen molar-refractivity contribution in [2.24, 2.45) is 0 Å². The lowest BCUT2D eigenvalue weighted by atomic mass is 10.0. The highest BCUT2D eigenvalue weighted by Gasteiger charge is 2.17. The van der Waals surface area contributed by atoms with E-state index in [2.05, 4.69) is 43.1 Å². The van der Waals surface area contributed by atoms with Gasteiger partial charge in [-0.2, -0.15) is 0 Å². The molecule has 3 nitrogen and oxygen atoms in total. The highest BCUT2D eigenvalue weighted by molar-refractivity contribution is 5.89. The summed E-state index contributed by atoms with van der Waals surface area (Å²) in [6.07, 6.45) is 12.9. The van der Waals surface area contributed by atoms with Gasteiger partial charge in [0.2, 0.25) is 0 Å². The number of esters is 1. The van der Waals surface area contributed by atoms with Gasteiger partial charge in [-0.15, -0.1) is 0 Å². The number of aromatic nitrogens is 1. The van der Waals surface area contributed by atoms with Gasteiger partial charge in [-0.1, -0.05) is 77.1 Å². The second-order valence-electron chi connectivity index (χ2n) is 7.85. The molecule has 0 aliphatic carbocycles. The zero-order chi connectivity index (χ0) is 20.9. The predicted octanol–water partition coefficient (Wildman–Crippen LogP) is 7.25. The van der Waals surface area contributed by atoms with Crippen molar-refractivity contribution < 1.29 is 9.53 Å². The molecule has 2 aromatic rings. The third-order valence-electron chi connectivity index (χ3n) is 5.39. The first-order valence-electron chi connectivity index (χ1n) is 11.4. The summed E-state index contributed by atoms with van der Waals surface area (Å²) in [5.74, 6) is -0.297. The van der Waals surface area contributed by atoms with E-state index in [4.69, 9.17) is 4.74 Å². The van der Waals surface area contributed by atoms with Gasteiger partial charge in [0.05, 0.1) is 5.56 Å². The maximum Gasteiger partial charge on any atom is 0.340 e. The number of hydrogen-bond acceptors (Lipinski definition) is 3. The van der Waals surface area contributed by atoms with Crippen LogP contribution in [0.5, 0.6) is 0 Å². The maximum absolute atomic E-state index is 12.6. The Kier molecular flexibility index (Phi) is 10.5. The molecule has 0 saturated heterocycles. The van der Waals surface area contributed by atoms with E-state index >= 15 is 0 Å². The number of carbonyl (C=O) groups excluding carboxylic acids is 1. The van der Waals surface area contributed by atoms with Crippen molar-refractivity contribution in [3.8, 4) is 0 Å². The zero-order valence-electron chi connectivity index (χ0n) is 18.5. The van der Waals surface area contributed by atoms with E-state index in [0.717, 1.165) is 36.9 Å². The molecule has 1 heterocycles. The first-order chi connectivity index (χ1) is 14.2. The minimum atomic E-state index is -0.297. The number of rotatable bonds is 13. The van der Waals surface area contributed by atoms with E-state index < -0.39 is 0 Å². The van der Waals surface area contributed by atoms with Crippen LogP contribution in [-0.2, 0) is 17.6 Å². The third-order valence-corrected chi connectivity index (χ3v) is 5.39. The fraction of sp³-hybridized carbons (Fsp3) is 0.538. The first kappa shape index (κ1) is 23.1. The molecule has 0 amide bonds. The lowest BCUT2D eigenvalue weighted by molar-refractivity contribution is 0.0287. The van der Waals surface area contributed by atoms with E-state index in [1.54, 1.807) is 6.20 Å². The Balaban J connectivity index is 1.88. The van der Waals surface area contributed by atoms with Crippen molar-refractivity contribution in [2.45, 2.75) is 91.1 Å². The van der Waals surface area contributed by atoms with Gasteiger partial charge in [0, 0.05) is 11.9 Å². The van der Waals surface area contributed by atoms with Crippen molar-refractivity contribution in [1.82, 2.24) is 4.98 Å². The van der Waals surface area contributed by atoms with Crippen molar-refractivity contribution in [3.05, 3.63) is 65.0 Å². The molecular formula is C26H37NO2. The Hall–Kier alpha value is -2.16. The van der Waals surface area contributed by atoms with Crippen LogP contribution >= 0.6 is 0 Å². The van der Waals surface area contributed by atoms with Crippen LogP contribution < -0.4 is 0 Å². The van der Waals surface area contributed by atoms with Crippen molar-refractivity contribution >= 4 is 5.97 Å². The quantitative estimate of drug-likeness (QED) is 0.265. The van der Waals surface area contributed by atoms with Gasteiger partial charge in [-0.05, 0) is 55.4 Å². The Morgan fingerprint density at radius 1 is 0.862 bits per heavy atom. The Morgan fingerprint density at radius 3 is 2.21 bits per heavy atom. The van der Waals surface area contributed by atoms with Gasteiger partial charge in [0.25, 0.3) is 0 Å². The van der Waals surface area contributed by atoms with Crippen LogP contribution in [0, 0.1) is 0 Å². The van der Waals surface area contributed by atoms with Gasteiger partial charge in [-0.25, -0.2) is 4.79 Å². The highest BCUT2D eigenvalue weighted by atomic mass is 16.5. The van der Waals surface area contributed by atoms with E-state index in [1.165, 1.54) is 44.1 Å². The number of ether oxygens (including phenoxy) is 1. The van der Waals surface area contributed by atoms with Gasteiger partial charge in [0.15, 0.2) is 0 Å². The lowest BCUT2D eigenvalue weighted by Gasteiger charge is -2.17. The monoisotopic (exact) mass is 395 g/mol. The number of carbonyl (C=O) groups is 1. The summed E-state index contributed by atoms with van der Waals surface area (Å²) in [5.41, 5.74) is 3.97. The molecule has 0 aliphatic rings. The van der Waals surface area contributed by atoms with Crippen molar-refractivity contribution in [3.63, 3.8) is 0 Å². The lowest BCUT2D eigenvalue weighted by Crippen LogP contribution is -2.12. The molecule has 29 heavy (non-hydrogen) atoms. The van der Waals surface area contributed by atoms with Gasteiger partial charge >= 0.3 is 5.97 Å². The molecule has 0 radical (unpaired) electrons. The Morgan fingerprint density at radius 2 is 1.59 bits per heavy atom. The molecule has 3 heteroatoms. The van der Waals surface area contributed by atoms with Crippen LogP contribution in [0.1, 0.15) is 105 Å². The molecule has 1 atom stereocenters. The van der Waals surface area contributed by atoms with Gasteiger partial charge < -0.3 is 4.74 Å². The predicted molar refractivity (Wildman–Crippen MR) is 120 cm³/mol. The number of hydrogen-bond donors (Lipinski definition) is 0. The topological polar surface area (TPSA) is 39.2 Å². The van der Waals surface area contributed by atoms with Crippen LogP contribution in [0.2, 0.25) is 0 Å². The molecule has 2 rings (SSSR count). The number of pyridine rings is 1. The minimum Gasteiger partial charge on any atom is -0.454 e. The number of unbranched alkanes of at least 4 members (excludes halogenated alkanes) is 5. The molecule has 0 bridgehead atoms. The maximum atomic E-state index is 12.6. The average Bonchev–Trinajstić information content (AvgIpc) is 2.76. The van der Waals surface area contributed by atoms with Gasteiger partial charge in [-0.3, -0.25) is 4.98 Å². The van der Waals surface area contributed by atoms with Crippen molar-refractivity contribution in [2.75, 3.05) is 0 Å². The number of nitrogens with zero attached hydrogens (tertiary/aromatic N) is 1. The fourth-order valence-electron chi connectivity index (χ4n) is 3.47. The SMILES string of the molecule is CCCCCCCc1ccc(C(=O)OC(CC)c2ccc(CCCC)cc2)cn1. The summed E-state index contributed by atoms with van der Waals surface area (Å²) < 4.78 is 5.78. The van der Waals surface area contributed by atoms with E-state index in [-0.39, 0.29) is 12.1 Å². The molecule has 1 aromatic heterocycles. The normalized spacial score (nSPS) is 12.0. The minimum absolute atomic E-state index is 0.221. The average molecular weight is 396 g/mol. The van der Waals surface area contributed by atoms with Crippen LogP contribution in [0.3, 0.4) is 0 Å². The summed E-state index contributed by atoms with van der Waals surface area (Å²) in [4.78, 5) is 17.0. The summed E-state index contributed by atoms with van der Waals surface area (Å²) in [7, 11) is 0. The van der Waals surface area contributed by atoms with Crippen LogP contribution in [0.15, 0.2) is 42.6 Å². The zero-order valence-corrected chi connectivity index (χ0v) is 18.5. The molecule has 0 fully saturated rings. The molecule has 0 spiro atoms. The molecule has 0 saturated carbocycles. The van der Waals surface area contributed by atoms with E-state index in [9.17, 15) is 4.79 Å².